The molecule has 0 radical (unpaired) electrons. The van der Waals surface area contributed by atoms with Crippen LogP contribution in [0, 0.1) is 5.82 Å². The van der Waals surface area contributed by atoms with Crippen molar-refractivity contribution < 1.29 is 22.4 Å². The number of alkyl halides is 3. The average Bonchev–Trinajstić information content (AvgIpc) is 2.66. The minimum Gasteiger partial charge on any atom is -0.338 e. The molecule has 1 atom stereocenters. The molecule has 0 aliphatic carbocycles. The summed E-state index contributed by atoms with van der Waals surface area (Å²) in [4.78, 5) is 27.4. The van der Waals surface area contributed by atoms with Crippen molar-refractivity contribution in [2.24, 2.45) is 0 Å². The first-order valence-electron chi connectivity index (χ1n) is 7.90. The number of benzene rings is 1. The van der Waals surface area contributed by atoms with Gasteiger partial charge in [0, 0.05) is 12.3 Å². The first kappa shape index (κ1) is 19.2. The zero-order chi connectivity index (χ0) is 20.3. The van der Waals surface area contributed by atoms with E-state index in [-0.39, 0.29) is 17.0 Å². The van der Waals surface area contributed by atoms with Gasteiger partial charge in [0.2, 0.25) is 0 Å². The average molecular weight is 392 g/mol. The number of pyridine rings is 1. The molecule has 10 heteroatoms. The second-order valence-electron chi connectivity index (χ2n) is 5.70. The molecule has 2 heterocycles. The summed E-state index contributed by atoms with van der Waals surface area (Å²) in [6, 6.07) is 7.43. The lowest BCUT2D eigenvalue weighted by Gasteiger charge is -2.19. The third kappa shape index (κ3) is 4.22. The Morgan fingerprint density at radius 3 is 2.36 bits per heavy atom. The molecule has 1 unspecified atom stereocenters. The first-order chi connectivity index (χ1) is 13.3. The maximum absolute atomic E-state index is 14.2. The molecule has 0 bridgehead atoms. The Labute approximate surface area is 155 Å². The highest BCUT2D eigenvalue weighted by Gasteiger charge is 2.31. The summed E-state index contributed by atoms with van der Waals surface area (Å²) < 4.78 is 52.6. The van der Waals surface area contributed by atoms with Gasteiger partial charge < -0.3 is 5.32 Å². The van der Waals surface area contributed by atoms with Gasteiger partial charge in [0.25, 0.3) is 11.5 Å². The van der Waals surface area contributed by atoms with Crippen LogP contribution in [0.3, 0.4) is 0 Å². The van der Waals surface area contributed by atoms with Gasteiger partial charge in [-0.25, -0.2) is 9.49 Å². The topological polar surface area (TPSA) is 87.7 Å². The monoisotopic (exact) mass is 392 g/mol. The van der Waals surface area contributed by atoms with Crippen LogP contribution in [0.15, 0.2) is 59.5 Å². The molecule has 144 valence electrons. The number of nitrogens with one attached hydrogen (secondary N) is 2. The van der Waals surface area contributed by atoms with Crippen LogP contribution in [0.2, 0.25) is 0 Å². The maximum Gasteiger partial charge on any atom is 0.416 e. The minimum absolute atomic E-state index is 0.159. The second-order valence-corrected chi connectivity index (χ2v) is 5.70. The van der Waals surface area contributed by atoms with Gasteiger partial charge in [0.1, 0.15) is 17.2 Å². The van der Waals surface area contributed by atoms with Crippen LogP contribution in [0.4, 0.5) is 17.6 Å². The lowest BCUT2D eigenvalue weighted by atomic mass is 10.0. The van der Waals surface area contributed by atoms with E-state index in [4.69, 9.17) is 0 Å². The van der Waals surface area contributed by atoms with E-state index < -0.39 is 35.1 Å². The zero-order valence-electron chi connectivity index (χ0n) is 14.0. The van der Waals surface area contributed by atoms with Gasteiger partial charge in [-0.05, 0) is 35.9 Å². The van der Waals surface area contributed by atoms with E-state index in [1.807, 2.05) is 0 Å². The molecule has 0 fully saturated rings. The number of carbonyl (C=O) groups excluding carboxylic acids is 1. The quantitative estimate of drug-likeness (QED) is 0.669. The van der Waals surface area contributed by atoms with Gasteiger partial charge in [-0.15, -0.1) is 0 Å². The van der Waals surface area contributed by atoms with Crippen molar-refractivity contribution in [2.75, 3.05) is 0 Å². The Morgan fingerprint density at radius 1 is 1.07 bits per heavy atom. The molecule has 3 rings (SSSR count). The maximum atomic E-state index is 14.2. The van der Waals surface area contributed by atoms with Crippen LogP contribution in [0.1, 0.15) is 33.4 Å². The number of hydrogen-bond donors (Lipinski definition) is 2. The van der Waals surface area contributed by atoms with Gasteiger partial charge in [0.15, 0.2) is 0 Å². The standard InChI is InChI=1S/C18H12F4N4O2/c19-12-2-1-9-23-16(12)15(10-3-5-11(6-4-10)18(20,21)22)24-17(28)13-7-8-14(27)26-25-13/h1-9,15H,(H,24,28)(H,26,27). The first-order valence-corrected chi connectivity index (χ1v) is 7.90. The number of aromatic amines is 1. The Hall–Kier alpha value is -3.56. The Bertz CT molecular complexity index is 1030. The number of nitrogens with zero attached hydrogens (tertiary/aromatic N) is 2. The highest BCUT2D eigenvalue weighted by molar-refractivity contribution is 5.92. The normalized spacial score (nSPS) is 12.4. The van der Waals surface area contributed by atoms with Crippen LogP contribution in [-0.2, 0) is 6.18 Å². The summed E-state index contributed by atoms with van der Waals surface area (Å²) in [6.45, 7) is 0. The number of halogens is 4. The summed E-state index contributed by atoms with van der Waals surface area (Å²) >= 11 is 0. The Kier molecular flexibility index (Phi) is 5.21. The van der Waals surface area contributed by atoms with E-state index in [2.05, 4.69) is 20.5 Å². The molecule has 1 aromatic carbocycles. The predicted octanol–water partition coefficient (Wildman–Crippen LogP) is 2.84. The van der Waals surface area contributed by atoms with Gasteiger partial charge in [0.05, 0.1) is 11.6 Å². The summed E-state index contributed by atoms with van der Waals surface area (Å²) in [7, 11) is 0. The highest BCUT2D eigenvalue weighted by atomic mass is 19.4. The smallest absolute Gasteiger partial charge is 0.338 e. The molecular formula is C18H12F4N4O2. The molecule has 2 aromatic heterocycles. The molecule has 1 amide bonds. The lowest BCUT2D eigenvalue weighted by Crippen LogP contribution is -2.32. The Morgan fingerprint density at radius 2 is 1.79 bits per heavy atom. The molecule has 3 aromatic rings. The van der Waals surface area contributed by atoms with E-state index >= 15 is 0 Å². The molecule has 2 N–H and O–H groups in total. The van der Waals surface area contributed by atoms with Crippen molar-refractivity contribution in [3.05, 3.63) is 93.4 Å². The van der Waals surface area contributed by atoms with Gasteiger partial charge in [-0.1, -0.05) is 12.1 Å². The fourth-order valence-corrected chi connectivity index (χ4v) is 2.46. The minimum atomic E-state index is -4.53. The van der Waals surface area contributed by atoms with Crippen molar-refractivity contribution in [1.82, 2.24) is 20.5 Å². The Balaban J connectivity index is 1.98. The number of carbonyl (C=O) groups is 1. The summed E-state index contributed by atoms with van der Waals surface area (Å²) in [5, 5.41) is 8.14. The zero-order valence-corrected chi connectivity index (χ0v) is 14.0. The molecule has 0 saturated carbocycles. The van der Waals surface area contributed by atoms with Crippen LogP contribution in [0.25, 0.3) is 0 Å². The molecule has 0 aliphatic heterocycles. The van der Waals surface area contributed by atoms with E-state index in [0.717, 1.165) is 42.5 Å². The van der Waals surface area contributed by atoms with Gasteiger partial charge in [-0.2, -0.15) is 18.3 Å². The molecule has 0 aliphatic rings. The summed E-state index contributed by atoms with van der Waals surface area (Å²) in [5.74, 6) is -1.52. The van der Waals surface area contributed by atoms with Gasteiger partial charge >= 0.3 is 6.18 Å². The number of amides is 1. The number of H-pyrrole nitrogens is 1. The summed E-state index contributed by atoms with van der Waals surface area (Å²) in [5.41, 5.74) is -1.56. The number of aromatic nitrogens is 3. The fourth-order valence-electron chi connectivity index (χ4n) is 2.46. The highest BCUT2D eigenvalue weighted by Crippen LogP contribution is 2.31. The second kappa shape index (κ2) is 7.59. The summed E-state index contributed by atoms with van der Waals surface area (Å²) in [6.07, 6.45) is -3.24. The van der Waals surface area contributed by atoms with E-state index in [9.17, 15) is 27.2 Å². The largest absolute Gasteiger partial charge is 0.416 e. The van der Waals surface area contributed by atoms with Crippen molar-refractivity contribution in [1.29, 1.82) is 0 Å². The van der Waals surface area contributed by atoms with Crippen molar-refractivity contribution in [3.63, 3.8) is 0 Å². The van der Waals surface area contributed by atoms with Crippen molar-refractivity contribution in [3.8, 4) is 0 Å². The molecule has 0 spiro atoms. The van der Waals surface area contributed by atoms with Crippen LogP contribution < -0.4 is 10.9 Å². The van der Waals surface area contributed by atoms with Crippen molar-refractivity contribution >= 4 is 5.91 Å². The molecule has 28 heavy (non-hydrogen) atoms. The number of hydrogen-bond acceptors (Lipinski definition) is 4. The number of rotatable bonds is 4. The van der Waals surface area contributed by atoms with Crippen molar-refractivity contribution in [2.45, 2.75) is 12.2 Å². The third-order valence-corrected chi connectivity index (χ3v) is 3.82. The molecule has 6 nitrogen and oxygen atoms in total. The SMILES string of the molecule is O=C(NC(c1ccc(C(F)(F)F)cc1)c1ncccc1F)c1ccc(=O)[nH]n1. The van der Waals surface area contributed by atoms with Crippen LogP contribution in [0.5, 0.6) is 0 Å². The van der Waals surface area contributed by atoms with E-state index in [1.165, 1.54) is 12.3 Å². The van der Waals surface area contributed by atoms with Gasteiger partial charge in [-0.3, -0.25) is 14.6 Å². The van der Waals surface area contributed by atoms with E-state index in [1.54, 1.807) is 0 Å². The predicted molar refractivity (Wildman–Crippen MR) is 89.8 cm³/mol. The van der Waals surface area contributed by atoms with Crippen LogP contribution >= 0.6 is 0 Å². The van der Waals surface area contributed by atoms with E-state index in [0.29, 0.717) is 0 Å². The molecular weight excluding hydrogens is 380 g/mol. The molecule has 0 saturated heterocycles. The van der Waals surface area contributed by atoms with Crippen LogP contribution in [-0.4, -0.2) is 21.1 Å². The lowest BCUT2D eigenvalue weighted by molar-refractivity contribution is -0.137. The third-order valence-electron chi connectivity index (χ3n) is 3.82. The fraction of sp³-hybridized carbons (Fsp3) is 0.111.